The fourth-order valence-electron chi connectivity index (χ4n) is 6.28. The summed E-state index contributed by atoms with van der Waals surface area (Å²) in [5.41, 5.74) is -1.10. The number of ether oxygens (including phenoxy) is 2. The number of carbonyl (C=O) groups excluding carboxylic acids is 1. The molecular formula is C30H46O6Si. The van der Waals surface area contributed by atoms with E-state index < -0.39 is 37.8 Å². The predicted molar refractivity (Wildman–Crippen MR) is 146 cm³/mol. The molecule has 3 fully saturated rings. The number of ketones is 1. The highest BCUT2D eigenvalue weighted by Crippen LogP contribution is 2.64. The SMILES string of the molecule is CC1(C)[C@@H]2CC[C@@]1(/C=C/[C@@]1(OCc3ccccc3)[C@@H](CCO[Si](C)(C)C(C)(C)C)OC(O)[C@@H]1O)C(=O)C2. The monoisotopic (exact) mass is 530 g/mol. The van der Waals surface area contributed by atoms with Crippen LogP contribution in [0, 0.1) is 16.7 Å². The molecule has 1 saturated heterocycles. The van der Waals surface area contributed by atoms with Crippen molar-refractivity contribution in [1.82, 2.24) is 0 Å². The van der Waals surface area contributed by atoms with Crippen molar-refractivity contribution >= 4 is 14.1 Å². The fourth-order valence-corrected chi connectivity index (χ4v) is 7.34. The third kappa shape index (κ3) is 4.92. The number of hydrogen-bond acceptors (Lipinski definition) is 6. The quantitative estimate of drug-likeness (QED) is 0.329. The maximum absolute atomic E-state index is 13.2. The van der Waals surface area contributed by atoms with Crippen molar-refractivity contribution in [3.63, 3.8) is 0 Å². The number of Topliss-reactive ketones (excluding diaryl/α,β-unsaturated/α-hetero) is 1. The first-order valence-corrected chi connectivity index (χ1v) is 16.6. The third-order valence-electron chi connectivity index (χ3n) is 10.1. The largest absolute Gasteiger partial charge is 0.417 e. The Morgan fingerprint density at radius 3 is 2.38 bits per heavy atom. The van der Waals surface area contributed by atoms with E-state index in [2.05, 4.69) is 47.7 Å². The van der Waals surface area contributed by atoms with Gasteiger partial charge in [0, 0.05) is 13.0 Å². The van der Waals surface area contributed by atoms with Gasteiger partial charge in [-0.2, -0.15) is 0 Å². The molecule has 2 N–H and O–H groups in total. The van der Waals surface area contributed by atoms with Crippen molar-refractivity contribution in [2.75, 3.05) is 6.61 Å². The van der Waals surface area contributed by atoms with Gasteiger partial charge in [-0.3, -0.25) is 4.79 Å². The molecule has 37 heavy (non-hydrogen) atoms. The molecule has 0 spiro atoms. The van der Waals surface area contributed by atoms with Gasteiger partial charge >= 0.3 is 0 Å². The Morgan fingerprint density at radius 1 is 1.14 bits per heavy atom. The zero-order valence-corrected chi connectivity index (χ0v) is 24.6. The van der Waals surface area contributed by atoms with E-state index in [1.807, 2.05) is 42.5 Å². The second kappa shape index (κ2) is 9.99. The van der Waals surface area contributed by atoms with E-state index in [-0.39, 0.29) is 22.8 Å². The Kier molecular flexibility index (Phi) is 7.74. The van der Waals surface area contributed by atoms with E-state index >= 15 is 0 Å². The summed E-state index contributed by atoms with van der Waals surface area (Å²) in [7, 11) is -1.99. The maximum atomic E-state index is 13.2. The lowest BCUT2D eigenvalue weighted by Gasteiger charge is -2.39. The Morgan fingerprint density at radius 2 is 1.81 bits per heavy atom. The van der Waals surface area contributed by atoms with Crippen LogP contribution in [0.2, 0.25) is 18.1 Å². The highest BCUT2D eigenvalue weighted by molar-refractivity contribution is 6.74. The van der Waals surface area contributed by atoms with Crippen molar-refractivity contribution in [3.05, 3.63) is 48.0 Å². The summed E-state index contributed by atoms with van der Waals surface area (Å²) in [6, 6.07) is 9.77. The second-order valence-corrected chi connectivity index (χ2v) is 18.2. The van der Waals surface area contributed by atoms with Gasteiger partial charge in [-0.15, -0.1) is 0 Å². The van der Waals surface area contributed by atoms with Crippen molar-refractivity contribution in [3.8, 4) is 0 Å². The molecule has 4 rings (SSSR count). The first-order chi connectivity index (χ1) is 17.2. The molecule has 6 nitrogen and oxygen atoms in total. The number of rotatable bonds is 9. The van der Waals surface area contributed by atoms with Crippen LogP contribution >= 0.6 is 0 Å². The smallest absolute Gasteiger partial charge is 0.191 e. The van der Waals surface area contributed by atoms with E-state index in [1.54, 1.807) is 0 Å². The summed E-state index contributed by atoms with van der Waals surface area (Å²) < 4.78 is 18.9. The van der Waals surface area contributed by atoms with E-state index in [0.29, 0.717) is 25.4 Å². The molecule has 1 aromatic carbocycles. The molecule has 7 heteroatoms. The number of benzene rings is 1. The number of aliphatic hydroxyl groups is 2. The number of carbonyl (C=O) groups is 1. The Labute approximate surface area is 223 Å². The Balaban J connectivity index is 1.65. The Bertz CT molecular complexity index is 999. The molecular weight excluding hydrogens is 484 g/mol. The lowest BCUT2D eigenvalue weighted by atomic mass is 9.68. The number of hydrogen-bond donors (Lipinski definition) is 2. The van der Waals surface area contributed by atoms with Crippen LogP contribution in [0.25, 0.3) is 0 Å². The van der Waals surface area contributed by atoms with Gasteiger partial charge in [0.25, 0.3) is 0 Å². The zero-order chi connectivity index (χ0) is 27.3. The fraction of sp³-hybridized carbons (Fsp3) is 0.700. The van der Waals surface area contributed by atoms with Crippen LogP contribution < -0.4 is 0 Å². The standard InChI is InChI=1S/C30H46O6Si/c1-27(2,3)37(6,7)35-18-14-24-30(25(32)26(33)36-24,34-20-21-11-9-8-10-12-21)17-16-29-15-13-22(19-23(29)31)28(29,4)5/h8-12,16-17,22,24-26,32-33H,13-15,18-20H2,1-7H3/b17-16+/t22-,24-,25+,26?,29-,30-/m1/s1. The lowest BCUT2D eigenvalue weighted by molar-refractivity contribution is -0.130. The van der Waals surface area contributed by atoms with Crippen LogP contribution in [0.4, 0.5) is 0 Å². The van der Waals surface area contributed by atoms with E-state index in [9.17, 15) is 15.0 Å². The molecule has 1 heterocycles. The van der Waals surface area contributed by atoms with Crippen LogP contribution in [0.3, 0.4) is 0 Å². The lowest BCUT2D eigenvalue weighted by Crippen LogP contribution is -2.50. The summed E-state index contributed by atoms with van der Waals surface area (Å²) in [4.78, 5) is 13.2. The van der Waals surface area contributed by atoms with Gasteiger partial charge in [0.2, 0.25) is 0 Å². The average Bonchev–Trinajstić information content (AvgIpc) is 3.29. The highest BCUT2D eigenvalue weighted by Gasteiger charge is 2.64. The minimum absolute atomic E-state index is 0.0654. The van der Waals surface area contributed by atoms with Crippen LogP contribution in [0.15, 0.2) is 42.5 Å². The van der Waals surface area contributed by atoms with Crippen molar-refractivity contribution in [2.24, 2.45) is 16.7 Å². The summed E-state index contributed by atoms with van der Waals surface area (Å²) in [5.74, 6) is 0.630. The molecule has 0 aromatic heterocycles. The number of fused-ring (bicyclic) bond motifs is 2. The highest BCUT2D eigenvalue weighted by atomic mass is 28.4. The second-order valence-electron chi connectivity index (χ2n) is 13.4. The Hall–Kier alpha value is -1.35. The van der Waals surface area contributed by atoms with Gasteiger partial charge in [-0.25, -0.2) is 0 Å². The minimum atomic E-state index is -1.99. The molecule has 6 atom stereocenters. The zero-order valence-electron chi connectivity index (χ0n) is 23.6. The van der Waals surface area contributed by atoms with Crippen LogP contribution in [-0.2, 0) is 25.3 Å². The van der Waals surface area contributed by atoms with E-state index in [1.165, 1.54) is 0 Å². The normalized spacial score (nSPS) is 35.6. The minimum Gasteiger partial charge on any atom is -0.417 e. The summed E-state index contributed by atoms with van der Waals surface area (Å²) in [6.07, 6.45) is 3.39. The molecule has 2 aliphatic carbocycles. The van der Waals surface area contributed by atoms with E-state index in [0.717, 1.165) is 18.4 Å². The summed E-state index contributed by atoms with van der Waals surface area (Å²) >= 11 is 0. The first-order valence-electron chi connectivity index (χ1n) is 13.7. The first kappa shape index (κ1) is 28.6. The molecule has 3 aliphatic rings. The predicted octanol–water partition coefficient (Wildman–Crippen LogP) is 5.38. The van der Waals surface area contributed by atoms with Crippen LogP contribution in [-0.4, -0.2) is 55.0 Å². The molecule has 1 aromatic rings. The van der Waals surface area contributed by atoms with Gasteiger partial charge in [-0.1, -0.05) is 77.1 Å². The number of aliphatic hydroxyl groups excluding tert-OH is 2. The molecule has 0 radical (unpaired) electrons. The van der Waals surface area contributed by atoms with Crippen molar-refractivity contribution in [1.29, 1.82) is 0 Å². The topological polar surface area (TPSA) is 85.2 Å². The molecule has 2 saturated carbocycles. The molecule has 1 unspecified atom stereocenters. The summed E-state index contributed by atoms with van der Waals surface area (Å²) in [5, 5.41) is 22.1. The molecule has 1 aliphatic heterocycles. The maximum Gasteiger partial charge on any atom is 0.191 e. The van der Waals surface area contributed by atoms with Gasteiger partial charge in [0.1, 0.15) is 17.5 Å². The average molecular weight is 531 g/mol. The van der Waals surface area contributed by atoms with Crippen molar-refractivity contribution < 1.29 is 28.9 Å². The van der Waals surface area contributed by atoms with Crippen molar-refractivity contribution in [2.45, 2.75) is 109 Å². The van der Waals surface area contributed by atoms with Gasteiger partial charge in [-0.05, 0) is 54.3 Å². The van der Waals surface area contributed by atoms with Gasteiger partial charge < -0.3 is 24.1 Å². The summed E-state index contributed by atoms with van der Waals surface area (Å²) in [6.45, 7) is 16.0. The van der Waals surface area contributed by atoms with Gasteiger partial charge in [0.05, 0.1) is 18.1 Å². The number of allylic oxidation sites excluding steroid dienone is 1. The van der Waals surface area contributed by atoms with Crippen LogP contribution in [0.5, 0.6) is 0 Å². The van der Waals surface area contributed by atoms with Crippen LogP contribution in [0.1, 0.15) is 65.9 Å². The van der Waals surface area contributed by atoms with Gasteiger partial charge in [0.15, 0.2) is 14.6 Å². The molecule has 206 valence electrons. The van der Waals surface area contributed by atoms with E-state index in [4.69, 9.17) is 13.9 Å². The molecule has 2 bridgehead atoms. The third-order valence-corrected chi connectivity index (χ3v) is 14.7. The molecule has 0 amide bonds.